The molecule has 2 aromatic heterocycles. The number of rotatable bonds is 4. The largest absolute Gasteiger partial charge is 0.341 e. The normalized spacial score (nSPS) is 21.6. The average Bonchev–Trinajstić information content (AvgIpc) is 3.34. The molecule has 6 heteroatoms. The Balaban J connectivity index is 1.38. The Hall–Kier alpha value is -2.21. The highest BCUT2D eigenvalue weighted by Gasteiger charge is 2.31. The van der Waals surface area contributed by atoms with E-state index in [1.807, 2.05) is 35.6 Å². The Morgan fingerprint density at radius 2 is 1.96 bits per heavy atom. The number of hydrogen-bond acceptors (Lipinski definition) is 4. The molecule has 2 fully saturated rings. The van der Waals surface area contributed by atoms with Gasteiger partial charge in [0.15, 0.2) is 0 Å². The van der Waals surface area contributed by atoms with Crippen LogP contribution >= 0.6 is 0 Å². The molecule has 1 amide bonds. The highest BCUT2D eigenvalue weighted by atomic mass is 16.2. The van der Waals surface area contributed by atoms with E-state index >= 15 is 0 Å². The predicted molar refractivity (Wildman–Crippen MR) is 95.1 cm³/mol. The summed E-state index contributed by atoms with van der Waals surface area (Å²) in [5, 5.41) is 3.32. The Morgan fingerprint density at radius 1 is 1.16 bits per heavy atom. The summed E-state index contributed by atoms with van der Waals surface area (Å²) < 4.78 is 2.23. The smallest absolute Gasteiger partial charge is 0.239 e. The van der Waals surface area contributed by atoms with Crippen LogP contribution in [0.4, 0.5) is 0 Å². The van der Waals surface area contributed by atoms with Gasteiger partial charge in [-0.2, -0.15) is 0 Å². The van der Waals surface area contributed by atoms with Gasteiger partial charge in [-0.1, -0.05) is 0 Å². The number of likely N-dealkylation sites (tertiary alicyclic amines) is 1. The molecule has 0 bridgehead atoms. The van der Waals surface area contributed by atoms with Gasteiger partial charge in [0.05, 0.1) is 6.04 Å². The van der Waals surface area contributed by atoms with Crippen molar-refractivity contribution in [3.05, 3.63) is 48.3 Å². The lowest BCUT2D eigenvalue weighted by Gasteiger charge is -2.33. The van der Waals surface area contributed by atoms with Crippen molar-refractivity contribution in [1.82, 2.24) is 24.8 Å². The van der Waals surface area contributed by atoms with Crippen LogP contribution in [0.5, 0.6) is 0 Å². The Kier molecular flexibility index (Phi) is 4.78. The van der Waals surface area contributed by atoms with Crippen molar-refractivity contribution in [3.63, 3.8) is 0 Å². The van der Waals surface area contributed by atoms with E-state index in [0.717, 1.165) is 57.7 Å². The SMILES string of the molecule is O=C([C@@H]1CCCN1)N1CCC(c2nccn2Cc2ccncc2)CC1. The van der Waals surface area contributed by atoms with Gasteiger partial charge in [0.1, 0.15) is 5.82 Å². The molecule has 0 spiro atoms. The fourth-order valence-electron chi connectivity index (χ4n) is 3.97. The van der Waals surface area contributed by atoms with Gasteiger partial charge in [-0.25, -0.2) is 4.98 Å². The van der Waals surface area contributed by atoms with Crippen LogP contribution in [0.15, 0.2) is 36.9 Å². The van der Waals surface area contributed by atoms with E-state index in [2.05, 4.69) is 26.0 Å². The zero-order valence-electron chi connectivity index (χ0n) is 14.5. The van der Waals surface area contributed by atoms with E-state index in [4.69, 9.17) is 0 Å². The minimum absolute atomic E-state index is 0.0465. The Labute approximate surface area is 148 Å². The van der Waals surface area contributed by atoms with Gasteiger partial charge in [0, 0.05) is 50.3 Å². The van der Waals surface area contributed by atoms with E-state index < -0.39 is 0 Å². The van der Waals surface area contributed by atoms with Crippen molar-refractivity contribution in [2.24, 2.45) is 0 Å². The number of pyridine rings is 1. The molecule has 2 aromatic rings. The number of nitrogens with zero attached hydrogens (tertiary/aromatic N) is 4. The van der Waals surface area contributed by atoms with E-state index in [1.165, 1.54) is 5.56 Å². The third kappa shape index (κ3) is 3.58. The first-order valence-corrected chi connectivity index (χ1v) is 9.23. The van der Waals surface area contributed by atoms with Crippen molar-refractivity contribution in [1.29, 1.82) is 0 Å². The summed E-state index contributed by atoms with van der Waals surface area (Å²) in [7, 11) is 0. The molecule has 0 saturated carbocycles. The number of amides is 1. The van der Waals surface area contributed by atoms with Gasteiger partial charge in [-0.15, -0.1) is 0 Å². The maximum absolute atomic E-state index is 12.5. The molecule has 2 aliphatic heterocycles. The van der Waals surface area contributed by atoms with Crippen molar-refractivity contribution in [2.45, 2.75) is 44.2 Å². The minimum atomic E-state index is 0.0465. The van der Waals surface area contributed by atoms with Crippen LogP contribution in [0, 0.1) is 0 Å². The topological polar surface area (TPSA) is 63.1 Å². The summed E-state index contributed by atoms with van der Waals surface area (Å²) in [6.07, 6.45) is 11.7. The maximum atomic E-state index is 12.5. The zero-order valence-corrected chi connectivity index (χ0v) is 14.5. The van der Waals surface area contributed by atoms with Gasteiger partial charge < -0.3 is 14.8 Å². The molecule has 2 saturated heterocycles. The maximum Gasteiger partial charge on any atom is 0.239 e. The number of carbonyl (C=O) groups is 1. The van der Waals surface area contributed by atoms with E-state index in [1.54, 1.807) is 0 Å². The van der Waals surface area contributed by atoms with Gasteiger partial charge in [0.2, 0.25) is 5.91 Å². The Bertz CT molecular complexity index is 700. The second kappa shape index (κ2) is 7.35. The standard InChI is InChI=1S/C19H25N5O/c25-19(17-2-1-7-21-17)23-11-5-16(6-12-23)18-22-10-13-24(18)14-15-3-8-20-9-4-15/h3-4,8-10,13,16-17,21H,1-2,5-7,11-12,14H2/t17-/m0/s1. The highest BCUT2D eigenvalue weighted by molar-refractivity contribution is 5.82. The van der Waals surface area contributed by atoms with E-state index in [9.17, 15) is 4.79 Å². The molecule has 6 nitrogen and oxygen atoms in total. The monoisotopic (exact) mass is 339 g/mol. The molecule has 0 radical (unpaired) electrons. The van der Waals surface area contributed by atoms with E-state index in [-0.39, 0.29) is 11.9 Å². The van der Waals surface area contributed by atoms with Gasteiger partial charge in [0.25, 0.3) is 0 Å². The molecular formula is C19H25N5O. The molecule has 1 N–H and O–H groups in total. The highest BCUT2D eigenvalue weighted by Crippen LogP contribution is 2.28. The van der Waals surface area contributed by atoms with Crippen LogP contribution in [-0.4, -0.2) is 51.0 Å². The molecule has 2 aliphatic rings. The predicted octanol–water partition coefficient (Wildman–Crippen LogP) is 1.78. The van der Waals surface area contributed by atoms with Crippen molar-refractivity contribution < 1.29 is 4.79 Å². The molecule has 0 aromatic carbocycles. The zero-order chi connectivity index (χ0) is 17.1. The molecule has 1 atom stereocenters. The van der Waals surface area contributed by atoms with Crippen molar-refractivity contribution in [2.75, 3.05) is 19.6 Å². The molecular weight excluding hydrogens is 314 g/mol. The number of piperidine rings is 1. The van der Waals surface area contributed by atoms with Crippen LogP contribution in [0.25, 0.3) is 0 Å². The summed E-state index contributed by atoms with van der Waals surface area (Å²) in [5.74, 6) is 1.86. The number of nitrogens with one attached hydrogen (secondary N) is 1. The second-order valence-corrected chi connectivity index (χ2v) is 7.02. The molecule has 4 heterocycles. The van der Waals surface area contributed by atoms with Gasteiger partial charge in [-0.3, -0.25) is 9.78 Å². The fourth-order valence-corrected chi connectivity index (χ4v) is 3.97. The fraction of sp³-hybridized carbons (Fsp3) is 0.526. The second-order valence-electron chi connectivity index (χ2n) is 7.02. The molecule has 132 valence electrons. The van der Waals surface area contributed by atoms with Crippen LogP contribution in [0.1, 0.15) is 43.0 Å². The quantitative estimate of drug-likeness (QED) is 0.922. The van der Waals surface area contributed by atoms with Crippen molar-refractivity contribution in [3.8, 4) is 0 Å². The van der Waals surface area contributed by atoms with Crippen LogP contribution in [0.3, 0.4) is 0 Å². The molecule has 25 heavy (non-hydrogen) atoms. The molecule has 0 aliphatic carbocycles. The molecule has 0 unspecified atom stereocenters. The number of hydrogen-bond donors (Lipinski definition) is 1. The minimum Gasteiger partial charge on any atom is -0.341 e. The summed E-state index contributed by atoms with van der Waals surface area (Å²) >= 11 is 0. The summed E-state index contributed by atoms with van der Waals surface area (Å²) in [4.78, 5) is 23.3. The van der Waals surface area contributed by atoms with Crippen LogP contribution < -0.4 is 5.32 Å². The third-order valence-corrected chi connectivity index (χ3v) is 5.38. The third-order valence-electron chi connectivity index (χ3n) is 5.38. The Morgan fingerprint density at radius 3 is 2.68 bits per heavy atom. The van der Waals surface area contributed by atoms with Crippen LogP contribution in [0.2, 0.25) is 0 Å². The number of aromatic nitrogens is 3. The first-order chi connectivity index (χ1) is 12.3. The first kappa shape index (κ1) is 16.3. The lowest BCUT2D eigenvalue weighted by molar-refractivity contribution is -0.134. The summed E-state index contributed by atoms with van der Waals surface area (Å²) in [6, 6.07) is 4.13. The molecule has 4 rings (SSSR count). The van der Waals surface area contributed by atoms with Crippen LogP contribution in [-0.2, 0) is 11.3 Å². The van der Waals surface area contributed by atoms with Gasteiger partial charge in [-0.05, 0) is 49.9 Å². The number of imidazole rings is 1. The summed E-state index contributed by atoms with van der Waals surface area (Å²) in [5.41, 5.74) is 1.23. The average molecular weight is 339 g/mol. The van der Waals surface area contributed by atoms with Gasteiger partial charge >= 0.3 is 0 Å². The lowest BCUT2D eigenvalue weighted by atomic mass is 9.95. The first-order valence-electron chi connectivity index (χ1n) is 9.23. The number of carbonyl (C=O) groups excluding carboxylic acids is 1. The van der Waals surface area contributed by atoms with E-state index in [0.29, 0.717) is 5.92 Å². The lowest BCUT2D eigenvalue weighted by Crippen LogP contribution is -2.46. The van der Waals surface area contributed by atoms with Crippen molar-refractivity contribution >= 4 is 5.91 Å². The summed E-state index contributed by atoms with van der Waals surface area (Å²) in [6.45, 7) is 3.47.